The molecule has 0 aliphatic carbocycles. The zero-order valence-corrected chi connectivity index (χ0v) is 11.9. The Kier molecular flexibility index (Phi) is 5.00. The number of hydrogen-bond donors (Lipinski definition) is 2. The van der Waals surface area contributed by atoms with Crippen molar-refractivity contribution in [1.82, 2.24) is 5.32 Å². The third-order valence-electron chi connectivity index (χ3n) is 3.29. The van der Waals surface area contributed by atoms with Crippen molar-refractivity contribution in [2.24, 2.45) is 5.73 Å². The van der Waals surface area contributed by atoms with Crippen LogP contribution in [0.25, 0.3) is 0 Å². The largest absolute Gasteiger partial charge is 0.416 e. The number of carbonyl (C=O) groups is 1. The first-order chi connectivity index (χ1) is 10.8. The van der Waals surface area contributed by atoms with Gasteiger partial charge in [0.2, 0.25) is 5.91 Å². The third kappa shape index (κ3) is 4.29. The van der Waals surface area contributed by atoms with Crippen LogP contribution < -0.4 is 11.1 Å². The summed E-state index contributed by atoms with van der Waals surface area (Å²) >= 11 is 0. The van der Waals surface area contributed by atoms with Gasteiger partial charge in [0.25, 0.3) is 0 Å². The van der Waals surface area contributed by atoms with Gasteiger partial charge in [-0.25, -0.2) is 4.39 Å². The summed E-state index contributed by atoms with van der Waals surface area (Å²) in [6, 6.07) is 9.85. The van der Waals surface area contributed by atoms with Gasteiger partial charge in [0, 0.05) is 6.54 Å². The molecule has 7 heteroatoms. The van der Waals surface area contributed by atoms with E-state index in [1.807, 2.05) is 0 Å². The van der Waals surface area contributed by atoms with Crippen molar-refractivity contribution >= 4 is 5.91 Å². The molecule has 0 aliphatic heterocycles. The highest BCUT2D eigenvalue weighted by molar-refractivity contribution is 5.81. The van der Waals surface area contributed by atoms with E-state index in [-0.39, 0.29) is 12.1 Å². The minimum Gasteiger partial charge on any atom is -0.368 e. The second-order valence-corrected chi connectivity index (χ2v) is 4.93. The molecule has 3 N–H and O–H groups in total. The normalized spacial score (nSPS) is 12.9. The maximum atomic E-state index is 13.1. The first-order valence-electron chi connectivity index (χ1n) is 6.72. The standard InChI is InChI=1S/C16H14F4N2O/c17-12-7-6-11(13(8-12)16(18,19)20)9-22-14(15(21)23)10-4-2-1-3-5-10/h1-8,14,22H,9H2,(H2,21,23)/t14-/m0/s1. The second kappa shape index (κ2) is 6.78. The zero-order valence-electron chi connectivity index (χ0n) is 11.9. The predicted molar refractivity (Wildman–Crippen MR) is 76.6 cm³/mol. The van der Waals surface area contributed by atoms with E-state index >= 15 is 0 Å². The van der Waals surface area contributed by atoms with E-state index in [4.69, 9.17) is 5.73 Å². The fourth-order valence-electron chi connectivity index (χ4n) is 2.21. The molecule has 2 rings (SSSR count). The summed E-state index contributed by atoms with van der Waals surface area (Å²) in [7, 11) is 0. The van der Waals surface area contributed by atoms with Gasteiger partial charge in [-0.1, -0.05) is 36.4 Å². The molecule has 1 amide bonds. The Hall–Kier alpha value is -2.41. The van der Waals surface area contributed by atoms with Crippen LogP contribution in [0.1, 0.15) is 22.7 Å². The van der Waals surface area contributed by atoms with Gasteiger partial charge in [-0.15, -0.1) is 0 Å². The minimum atomic E-state index is -4.69. The number of alkyl halides is 3. The molecular weight excluding hydrogens is 312 g/mol. The van der Waals surface area contributed by atoms with Crippen molar-refractivity contribution in [3.63, 3.8) is 0 Å². The highest BCUT2D eigenvalue weighted by Gasteiger charge is 2.34. The lowest BCUT2D eigenvalue weighted by atomic mass is 10.0. The van der Waals surface area contributed by atoms with Crippen molar-refractivity contribution in [3.8, 4) is 0 Å². The van der Waals surface area contributed by atoms with E-state index in [0.29, 0.717) is 11.6 Å². The van der Waals surface area contributed by atoms with Gasteiger partial charge < -0.3 is 5.73 Å². The second-order valence-electron chi connectivity index (χ2n) is 4.93. The molecule has 0 saturated carbocycles. The fourth-order valence-corrected chi connectivity index (χ4v) is 2.21. The van der Waals surface area contributed by atoms with Crippen LogP contribution in [0.5, 0.6) is 0 Å². The van der Waals surface area contributed by atoms with E-state index < -0.39 is 29.5 Å². The molecule has 0 aliphatic rings. The molecule has 0 bridgehead atoms. The van der Waals surface area contributed by atoms with Crippen molar-refractivity contribution in [2.45, 2.75) is 18.8 Å². The fraction of sp³-hybridized carbons (Fsp3) is 0.188. The molecule has 0 aromatic heterocycles. The van der Waals surface area contributed by atoms with Crippen LogP contribution >= 0.6 is 0 Å². The molecule has 23 heavy (non-hydrogen) atoms. The number of halogens is 4. The first-order valence-corrected chi connectivity index (χ1v) is 6.72. The third-order valence-corrected chi connectivity index (χ3v) is 3.29. The van der Waals surface area contributed by atoms with Crippen molar-refractivity contribution in [3.05, 3.63) is 71.0 Å². The van der Waals surface area contributed by atoms with Crippen LogP contribution in [0.15, 0.2) is 48.5 Å². The van der Waals surface area contributed by atoms with Crippen LogP contribution in [-0.4, -0.2) is 5.91 Å². The number of benzene rings is 2. The molecule has 2 aromatic carbocycles. The maximum absolute atomic E-state index is 13.1. The quantitative estimate of drug-likeness (QED) is 0.829. The van der Waals surface area contributed by atoms with E-state index in [2.05, 4.69) is 5.32 Å². The highest BCUT2D eigenvalue weighted by Crippen LogP contribution is 2.32. The van der Waals surface area contributed by atoms with Crippen molar-refractivity contribution < 1.29 is 22.4 Å². The van der Waals surface area contributed by atoms with Crippen LogP contribution in [0.4, 0.5) is 17.6 Å². The van der Waals surface area contributed by atoms with Crippen LogP contribution in [-0.2, 0) is 17.5 Å². The van der Waals surface area contributed by atoms with Crippen molar-refractivity contribution in [1.29, 1.82) is 0 Å². The molecule has 2 aromatic rings. The molecule has 122 valence electrons. The van der Waals surface area contributed by atoms with E-state index in [1.54, 1.807) is 30.3 Å². The summed E-state index contributed by atoms with van der Waals surface area (Å²) < 4.78 is 51.9. The van der Waals surface area contributed by atoms with Crippen LogP contribution in [0.3, 0.4) is 0 Å². The van der Waals surface area contributed by atoms with Gasteiger partial charge in [-0.2, -0.15) is 13.2 Å². The van der Waals surface area contributed by atoms with Crippen molar-refractivity contribution in [2.75, 3.05) is 0 Å². The van der Waals surface area contributed by atoms with Gasteiger partial charge in [-0.3, -0.25) is 10.1 Å². The summed E-state index contributed by atoms with van der Waals surface area (Å²) in [4.78, 5) is 11.5. The van der Waals surface area contributed by atoms with Crippen LogP contribution in [0.2, 0.25) is 0 Å². The lowest BCUT2D eigenvalue weighted by molar-refractivity contribution is -0.138. The summed E-state index contributed by atoms with van der Waals surface area (Å²) in [5.41, 5.74) is 4.59. The van der Waals surface area contributed by atoms with Gasteiger partial charge in [0.1, 0.15) is 11.9 Å². The monoisotopic (exact) mass is 326 g/mol. The molecule has 3 nitrogen and oxygen atoms in total. The summed E-state index contributed by atoms with van der Waals surface area (Å²) in [5.74, 6) is -1.69. The Bertz CT molecular complexity index is 686. The molecule has 0 saturated heterocycles. The molecule has 0 fully saturated rings. The van der Waals surface area contributed by atoms with Gasteiger partial charge in [0.05, 0.1) is 5.56 Å². The average molecular weight is 326 g/mol. The minimum absolute atomic E-state index is 0.166. The molecule has 0 spiro atoms. The van der Waals surface area contributed by atoms with E-state index in [9.17, 15) is 22.4 Å². The Morgan fingerprint density at radius 1 is 1.13 bits per heavy atom. The molecular formula is C16H14F4N2O. The first kappa shape index (κ1) is 17.0. The zero-order chi connectivity index (χ0) is 17.0. The number of amides is 1. The summed E-state index contributed by atoms with van der Waals surface area (Å²) in [6.45, 7) is -0.280. The lowest BCUT2D eigenvalue weighted by Gasteiger charge is -2.18. The summed E-state index contributed by atoms with van der Waals surface area (Å²) in [5, 5.41) is 2.69. The summed E-state index contributed by atoms with van der Waals surface area (Å²) in [6.07, 6.45) is -4.69. The number of rotatable bonds is 5. The number of hydrogen-bond acceptors (Lipinski definition) is 2. The Morgan fingerprint density at radius 2 is 1.78 bits per heavy atom. The number of primary amides is 1. The van der Waals surface area contributed by atoms with Gasteiger partial charge >= 0.3 is 6.18 Å². The maximum Gasteiger partial charge on any atom is 0.416 e. The SMILES string of the molecule is NC(=O)[C@@H](NCc1ccc(F)cc1C(F)(F)F)c1ccccc1. The van der Waals surface area contributed by atoms with E-state index in [1.165, 1.54) is 0 Å². The Balaban J connectivity index is 2.24. The van der Waals surface area contributed by atoms with Gasteiger partial charge in [0.15, 0.2) is 0 Å². The highest BCUT2D eigenvalue weighted by atomic mass is 19.4. The number of carbonyl (C=O) groups excluding carboxylic acids is 1. The predicted octanol–water partition coefficient (Wildman–Crippen LogP) is 3.16. The topological polar surface area (TPSA) is 55.1 Å². The van der Waals surface area contributed by atoms with Crippen LogP contribution in [0, 0.1) is 5.82 Å². The molecule has 0 unspecified atom stereocenters. The Morgan fingerprint density at radius 3 is 2.35 bits per heavy atom. The van der Waals surface area contributed by atoms with E-state index in [0.717, 1.165) is 12.1 Å². The molecule has 0 heterocycles. The lowest BCUT2D eigenvalue weighted by Crippen LogP contribution is -2.33. The number of nitrogens with one attached hydrogen (secondary N) is 1. The smallest absolute Gasteiger partial charge is 0.368 e. The molecule has 0 radical (unpaired) electrons. The Labute approximate surface area is 130 Å². The number of nitrogens with two attached hydrogens (primary N) is 1. The molecule has 1 atom stereocenters. The van der Waals surface area contributed by atoms with Gasteiger partial charge in [-0.05, 0) is 23.3 Å². The average Bonchev–Trinajstić information content (AvgIpc) is 2.48.